The van der Waals surface area contributed by atoms with E-state index in [2.05, 4.69) is 5.32 Å². The summed E-state index contributed by atoms with van der Waals surface area (Å²) in [6.07, 6.45) is 3.40. The number of hydrogen-bond donors (Lipinski definition) is 2. The lowest BCUT2D eigenvalue weighted by atomic mass is 9.80. The highest BCUT2D eigenvalue weighted by Crippen LogP contribution is 2.35. The number of ether oxygens (including phenoxy) is 1. The van der Waals surface area contributed by atoms with E-state index in [4.69, 9.17) is 34.3 Å². The number of anilines is 1. The third-order valence-electron chi connectivity index (χ3n) is 3.55. The van der Waals surface area contributed by atoms with Gasteiger partial charge in [0.2, 0.25) is 0 Å². The van der Waals surface area contributed by atoms with Crippen molar-refractivity contribution in [2.24, 2.45) is 5.73 Å². The lowest BCUT2D eigenvalue weighted by molar-refractivity contribution is -0.0601. The third-order valence-corrected chi connectivity index (χ3v) is 4.00. The Morgan fingerprint density at radius 1 is 1.56 bits per heavy atom. The molecule has 3 N–H and O–H groups in total. The topological polar surface area (TPSA) is 47.3 Å². The van der Waals surface area contributed by atoms with E-state index in [1.165, 1.54) is 6.42 Å². The lowest BCUT2D eigenvalue weighted by Crippen LogP contribution is -2.45. The van der Waals surface area contributed by atoms with Crippen LogP contribution in [0.5, 0.6) is 0 Å². The summed E-state index contributed by atoms with van der Waals surface area (Å²) in [4.78, 5) is 0.347. The van der Waals surface area contributed by atoms with Crippen LogP contribution in [-0.4, -0.2) is 24.2 Å². The highest BCUT2D eigenvalue weighted by molar-refractivity contribution is 7.80. The van der Waals surface area contributed by atoms with Gasteiger partial charge in [-0.2, -0.15) is 0 Å². The van der Waals surface area contributed by atoms with Crippen molar-refractivity contribution in [3.63, 3.8) is 0 Å². The standard InChI is InChI=1S/C13H17ClN2OS/c1-17-13(5-2-6-13)8-16-11-4-3-9(14)7-10(11)12(15)18/h3-4,7,16H,2,5-6,8H2,1H3,(H2,15,18). The van der Waals surface area contributed by atoms with Gasteiger partial charge < -0.3 is 15.8 Å². The summed E-state index contributed by atoms with van der Waals surface area (Å²) in [5.74, 6) is 0. The summed E-state index contributed by atoms with van der Waals surface area (Å²) in [5.41, 5.74) is 7.36. The van der Waals surface area contributed by atoms with Crippen molar-refractivity contribution in [1.82, 2.24) is 0 Å². The molecule has 1 fully saturated rings. The molecule has 0 aliphatic heterocycles. The molecule has 1 aromatic carbocycles. The molecule has 1 aliphatic rings. The summed E-state index contributed by atoms with van der Waals surface area (Å²) < 4.78 is 5.57. The first-order chi connectivity index (χ1) is 8.56. The van der Waals surface area contributed by atoms with Crippen LogP contribution in [0, 0.1) is 0 Å². The van der Waals surface area contributed by atoms with Crippen molar-refractivity contribution in [2.75, 3.05) is 19.0 Å². The minimum atomic E-state index is -0.0346. The fourth-order valence-corrected chi connectivity index (χ4v) is 2.50. The van der Waals surface area contributed by atoms with Crippen LogP contribution in [0.3, 0.4) is 0 Å². The van der Waals surface area contributed by atoms with Crippen molar-refractivity contribution >= 4 is 34.5 Å². The Hall–Kier alpha value is -0.840. The smallest absolute Gasteiger partial charge is 0.106 e. The zero-order valence-corrected chi connectivity index (χ0v) is 11.9. The van der Waals surface area contributed by atoms with Gasteiger partial charge in [-0.3, -0.25) is 0 Å². The number of methoxy groups -OCH3 is 1. The van der Waals surface area contributed by atoms with Crippen molar-refractivity contribution in [3.05, 3.63) is 28.8 Å². The zero-order chi connectivity index (χ0) is 13.2. The van der Waals surface area contributed by atoms with E-state index in [0.717, 1.165) is 30.6 Å². The summed E-state index contributed by atoms with van der Waals surface area (Å²) in [7, 11) is 1.76. The molecule has 1 saturated carbocycles. The van der Waals surface area contributed by atoms with Gasteiger partial charge in [-0.1, -0.05) is 23.8 Å². The molecule has 5 heteroatoms. The number of nitrogens with one attached hydrogen (secondary N) is 1. The number of thiocarbonyl (C=S) groups is 1. The van der Waals surface area contributed by atoms with Crippen molar-refractivity contribution in [3.8, 4) is 0 Å². The molecule has 0 aromatic heterocycles. The lowest BCUT2D eigenvalue weighted by Gasteiger charge is -2.40. The number of hydrogen-bond acceptors (Lipinski definition) is 3. The first-order valence-electron chi connectivity index (χ1n) is 5.95. The molecule has 2 rings (SSSR count). The molecule has 0 amide bonds. The monoisotopic (exact) mass is 284 g/mol. The average molecular weight is 285 g/mol. The molecular weight excluding hydrogens is 268 g/mol. The Morgan fingerprint density at radius 3 is 2.78 bits per heavy atom. The fourth-order valence-electron chi connectivity index (χ4n) is 2.15. The number of halogens is 1. The average Bonchev–Trinajstić information content (AvgIpc) is 2.29. The Kier molecular flexibility index (Phi) is 4.10. The molecule has 0 bridgehead atoms. The van der Waals surface area contributed by atoms with Crippen molar-refractivity contribution in [1.29, 1.82) is 0 Å². The summed E-state index contributed by atoms with van der Waals surface area (Å²) in [6.45, 7) is 0.765. The van der Waals surface area contributed by atoms with Gasteiger partial charge in [-0.25, -0.2) is 0 Å². The van der Waals surface area contributed by atoms with Gasteiger partial charge in [0.15, 0.2) is 0 Å². The second-order valence-corrected chi connectivity index (χ2v) is 5.52. The van der Waals surface area contributed by atoms with E-state index in [1.54, 1.807) is 13.2 Å². The Bertz CT molecular complexity index is 455. The first-order valence-corrected chi connectivity index (χ1v) is 6.73. The van der Waals surface area contributed by atoms with Crippen LogP contribution in [0.1, 0.15) is 24.8 Å². The normalized spacial score (nSPS) is 17.0. The van der Waals surface area contributed by atoms with E-state index in [0.29, 0.717) is 10.0 Å². The quantitative estimate of drug-likeness (QED) is 0.816. The minimum Gasteiger partial charge on any atom is -0.389 e. The van der Waals surface area contributed by atoms with Crippen molar-refractivity contribution < 1.29 is 4.74 Å². The molecule has 1 aliphatic carbocycles. The van der Waals surface area contributed by atoms with Gasteiger partial charge in [0.1, 0.15) is 4.99 Å². The van der Waals surface area contributed by atoms with Crippen LogP contribution in [0.2, 0.25) is 5.02 Å². The molecule has 0 unspecified atom stereocenters. The SMILES string of the molecule is COC1(CNc2ccc(Cl)cc2C(N)=S)CCC1. The minimum absolute atomic E-state index is 0.0346. The van der Waals surface area contributed by atoms with E-state index < -0.39 is 0 Å². The molecule has 1 aromatic rings. The molecule has 3 nitrogen and oxygen atoms in total. The van der Waals surface area contributed by atoms with Crippen molar-refractivity contribution in [2.45, 2.75) is 24.9 Å². The zero-order valence-electron chi connectivity index (χ0n) is 10.3. The third kappa shape index (κ3) is 2.76. The number of rotatable bonds is 5. The van der Waals surface area contributed by atoms with Gasteiger partial charge in [0.05, 0.1) is 5.60 Å². The summed E-state index contributed by atoms with van der Waals surface area (Å²) in [5, 5.41) is 4.00. The van der Waals surface area contributed by atoms with Crippen LogP contribution in [-0.2, 0) is 4.74 Å². The fraction of sp³-hybridized carbons (Fsp3) is 0.462. The summed E-state index contributed by atoms with van der Waals surface area (Å²) in [6, 6.07) is 5.51. The van der Waals surface area contributed by atoms with Crippen LogP contribution in [0.25, 0.3) is 0 Å². The maximum Gasteiger partial charge on any atom is 0.106 e. The Morgan fingerprint density at radius 2 is 2.28 bits per heavy atom. The van der Waals surface area contributed by atoms with E-state index >= 15 is 0 Å². The molecule has 0 radical (unpaired) electrons. The second kappa shape index (κ2) is 5.43. The summed E-state index contributed by atoms with van der Waals surface area (Å²) >= 11 is 11.0. The molecule has 0 heterocycles. The van der Waals surface area contributed by atoms with Gasteiger partial charge in [-0.05, 0) is 37.5 Å². The van der Waals surface area contributed by atoms with E-state index in [9.17, 15) is 0 Å². The first kappa shape index (κ1) is 13.6. The van der Waals surface area contributed by atoms with Gasteiger partial charge >= 0.3 is 0 Å². The second-order valence-electron chi connectivity index (χ2n) is 4.65. The largest absolute Gasteiger partial charge is 0.389 e. The molecule has 0 saturated heterocycles. The molecule has 0 spiro atoms. The Balaban J connectivity index is 2.11. The molecular formula is C13H17ClN2OS. The highest BCUT2D eigenvalue weighted by atomic mass is 35.5. The number of benzene rings is 1. The van der Waals surface area contributed by atoms with Crippen LogP contribution < -0.4 is 11.1 Å². The van der Waals surface area contributed by atoms with E-state index in [1.807, 2.05) is 12.1 Å². The predicted octanol–water partition coefficient (Wildman–Crippen LogP) is 2.96. The van der Waals surface area contributed by atoms with Crippen LogP contribution in [0.4, 0.5) is 5.69 Å². The van der Waals surface area contributed by atoms with E-state index in [-0.39, 0.29) is 5.60 Å². The van der Waals surface area contributed by atoms with Crippen LogP contribution >= 0.6 is 23.8 Å². The molecule has 98 valence electrons. The predicted molar refractivity (Wildman–Crippen MR) is 79.4 cm³/mol. The molecule has 0 atom stereocenters. The van der Waals surface area contributed by atoms with Gasteiger partial charge in [0.25, 0.3) is 0 Å². The van der Waals surface area contributed by atoms with Gasteiger partial charge in [-0.15, -0.1) is 0 Å². The van der Waals surface area contributed by atoms with Gasteiger partial charge in [0, 0.05) is 29.9 Å². The molecule has 18 heavy (non-hydrogen) atoms. The maximum atomic E-state index is 5.95. The van der Waals surface area contributed by atoms with Crippen LogP contribution in [0.15, 0.2) is 18.2 Å². The number of nitrogens with two attached hydrogens (primary N) is 1. The Labute approximate surface area is 118 Å². The maximum absolute atomic E-state index is 5.95. The highest BCUT2D eigenvalue weighted by Gasteiger charge is 2.36.